The molecule has 0 radical (unpaired) electrons. The largest absolute Gasteiger partial charge is 0.368 e. The standard InChI is InChI=1S/C8H15NO3/c1-9(11-2)8(10)7-5-3-4-6-12-7/h7H,3-6H2,1-2H3. The van der Waals surface area contributed by atoms with Gasteiger partial charge in [-0.15, -0.1) is 0 Å². The number of carbonyl (C=O) groups is 1. The zero-order valence-electron chi connectivity index (χ0n) is 7.58. The van der Waals surface area contributed by atoms with Gasteiger partial charge in [-0.05, 0) is 19.3 Å². The molecule has 70 valence electrons. The van der Waals surface area contributed by atoms with E-state index in [9.17, 15) is 4.79 Å². The molecule has 0 aromatic rings. The summed E-state index contributed by atoms with van der Waals surface area (Å²) in [6.45, 7) is 0.688. The van der Waals surface area contributed by atoms with Crippen molar-refractivity contribution >= 4 is 5.91 Å². The Hall–Kier alpha value is -0.610. The number of hydrogen-bond acceptors (Lipinski definition) is 3. The highest BCUT2D eigenvalue weighted by molar-refractivity contribution is 5.79. The molecule has 0 spiro atoms. The first-order chi connectivity index (χ1) is 5.75. The Kier molecular flexibility index (Phi) is 3.49. The summed E-state index contributed by atoms with van der Waals surface area (Å²) < 4.78 is 5.29. The van der Waals surface area contributed by atoms with Crippen molar-refractivity contribution in [1.29, 1.82) is 0 Å². The molecule has 1 heterocycles. The van der Waals surface area contributed by atoms with Crippen molar-refractivity contribution in [3.8, 4) is 0 Å². The zero-order chi connectivity index (χ0) is 8.97. The van der Waals surface area contributed by atoms with Gasteiger partial charge in [0, 0.05) is 13.7 Å². The van der Waals surface area contributed by atoms with E-state index >= 15 is 0 Å². The van der Waals surface area contributed by atoms with E-state index in [1.54, 1.807) is 7.05 Å². The van der Waals surface area contributed by atoms with E-state index in [-0.39, 0.29) is 12.0 Å². The van der Waals surface area contributed by atoms with Crippen molar-refractivity contribution < 1.29 is 14.4 Å². The molecule has 1 aliphatic heterocycles. The highest BCUT2D eigenvalue weighted by Gasteiger charge is 2.24. The Balaban J connectivity index is 2.39. The lowest BCUT2D eigenvalue weighted by atomic mass is 10.1. The zero-order valence-corrected chi connectivity index (χ0v) is 7.58. The molecule has 1 unspecified atom stereocenters. The second kappa shape index (κ2) is 4.42. The molecule has 0 N–H and O–H groups in total. The van der Waals surface area contributed by atoms with Crippen molar-refractivity contribution in [2.45, 2.75) is 25.4 Å². The van der Waals surface area contributed by atoms with Crippen LogP contribution in [0.25, 0.3) is 0 Å². The second-order valence-electron chi connectivity index (χ2n) is 2.87. The minimum atomic E-state index is -0.288. The van der Waals surface area contributed by atoms with Gasteiger partial charge in [-0.2, -0.15) is 0 Å². The summed E-state index contributed by atoms with van der Waals surface area (Å²) in [4.78, 5) is 16.2. The fourth-order valence-corrected chi connectivity index (χ4v) is 1.23. The monoisotopic (exact) mass is 173 g/mol. The van der Waals surface area contributed by atoms with Crippen LogP contribution in [-0.4, -0.2) is 37.8 Å². The van der Waals surface area contributed by atoms with Crippen LogP contribution in [0.3, 0.4) is 0 Å². The normalized spacial score (nSPS) is 23.7. The number of nitrogens with zero attached hydrogens (tertiary/aromatic N) is 1. The maximum Gasteiger partial charge on any atom is 0.274 e. The van der Waals surface area contributed by atoms with Crippen molar-refractivity contribution in [1.82, 2.24) is 5.06 Å². The van der Waals surface area contributed by atoms with Gasteiger partial charge in [0.1, 0.15) is 6.10 Å². The SMILES string of the molecule is CON(C)C(=O)C1CCCCO1. The first-order valence-electron chi connectivity index (χ1n) is 4.19. The molecule has 12 heavy (non-hydrogen) atoms. The number of hydrogen-bond donors (Lipinski definition) is 0. The molecule has 1 aliphatic rings. The van der Waals surface area contributed by atoms with Crippen LogP contribution in [0.2, 0.25) is 0 Å². The van der Waals surface area contributed by atoms with Crippen molar-refractivity contribution in [3.63, 3.8) is 0 Å². The summed E-state index contributed by atoms with van der Waals surface area (Å²) in [5.41, 5.74) is 0. The number of carbonyl (C=O) groups excluding carboxylic acids is 1. The fourth-order valence-electron chi connectivity index (χ4n) is 1.23. The molecule has 0 aliphatic carbocycles. The van der Waals surface area contributed by atoms with E-state index < -0.39 is 0 Å². The molecule has 4 nitrogen and oxygen atoms in total. The number of hydroxylamine groups is 2. The Morgan fingerprint density at radius 3 is 2.83 bits per heavy atom. The lowest BCUT2D eigenvalue weighted by molar-refractivity contribution is -0.183. The van der Waals surface area contributed by atoms with Crippen LogP contribution < -0.4 is 0 Å². The summed E-state index contributed by atoms with van der Waals surface area (Å²) in [7, 11) is 3.07. The van der Waals surface area contributed by atoms with Crippen LogP contribution in [0.15, 0.2) is 0 Å². The average molecular weight is 173 g/mol. The predicted molar refractivity (Wildman–Crippen MR) is 43.4 cm³/mol. The Labute approximate surface area is 72.4 Å². The fraction of sp³-hybridized carbons (Fsp3) is 0.875. The van der Waals surface area contributed by atoms with Crippen molar-refractivity contribution in [2.24, 2.45) is 0 Å². The van der Waals surface area contributed by atoms with Crippen LogP contribution in [-0.2, 0) is 14.4 Å². The lowest BCUT2D eigenvalue weighted by Crippen LogP contribution is -2.39. The third kappa shape index (κ3) is 2.19. The minimum Gasteiger partial charge on any atom is -0.368 e. The highest BCUT2D eigenvalue weighted by Crippen LogP contribution is 2.14. The first-order valence-corrected chi connectivity index (χ1v) is 4.19. The van der Waals surface area contributed by atoms with E-state index in [0.29, 0.717) is 6.61 Å². The van der Waals surface area contributed by atoms with Gasteiger partial charge in [0.2, 0.25) is 0 Å². The lowest BCUT2D eigenvalue weighted by Gasteiger charge is -2.24. The Morgan fingerprint density at radius 2 is 2.33 bits per heavy atom. The summed E-state index contributed by atoms with van der Waals surface area (Å²) >= 11 is 0. The average Bonchev–Trinajstić information content (AvgIpc) is 2.17. The van der Waals surface area contributed by atoms with Crippen molar-refractivity contribution in [2.75, 3.05) is 20.8 Å². The summed E-state index contributed by atoms with van der Waals surface area (Å²) in [6, 6.07) is 0. The molecular weight excluding hydrogens is 158 g/mol. The molecular formula is C8H15NO3. The first kappa shape index (κ1) is 9.48. The minimum absolute atomic E-state index is 0.0859. The summed E-state index contributed by atoms with van der Waals surface area (Å²) in [5, 5.41) is 1.22. The third-order valence-corrected chi connectivity index (χ3v) is 2.04. The van der Waals surface area contributed by atoms with E-state index in [4.69, 9.17) is 9.57 Å². The third-order valence-electron chi connectivity index (χ3n) is 2.04. The Morgan fingerprint density at radius 1 is 1.58 bits per heavy atom. The molecule has 1 saturated heterocycles. The molecule has 1 atom stereocenters. The molecule has 1 fully saturated rings. The number of amides is 1. The molecule has 0 saturated carbocycles. The van der Waals surface area contributed by atoms with Gasteiger partial charge in [0.25, 0.3) is 5.91 Å². The van der Waals surface area contributed by atoms with Crippen LogP contribution in [0.4, 0.5) is 0 Å². The summed E-state index contributed by atoms with van der Waals surface area (Å²) in [6.07, 6.45) is 2.64. The molecule has 1 amide bonds. The molecule has 0 bridgehead atoms. The van der Waals surface area contributed by atoms with Crippen LogP contribution >= 0.6 is 0 Å². The van der Waals surface area contributed by atoms with Crippen LogP contribution in [0, 0.1) is 0 Å². The number of likely N-dealkylation sites (N-methyl/N-ethyl adjacent to an activating group) is 1. The predicted octanol–water partition coefficient (Wildman–Crippen LogP) is 0.575. The van der Waals surface area contributed by atoms with Gasteiger partial charge in [0.15, 0.2) is 0 Å². The molecule has 0 aromatic heterocycles. The quantitative estimate of drug-likeness (QED) is 0.573. The van der Waals surface area contributed by atoms with Gasteiger partial charge < -0.3 is 4.74 Å². The van der Waals surface area contributed by atoms with E-state index in [1.165, 1.54) is 12.2 Å². The van der Waals surface area contributed by atoms with E-state index in [1.807, 2.05) is 0 Å². The Bertz CT molecular complexity index is 154. The second-order valence-corrected chi connectivity index (χ2v) is 2.87. The summed E-state index contributed by atoms with van der Waals surface area (Å²) in [5.74, 6) is -0.0859. The maximum absolute atomic E-state index is 11.4. The number of rotatable bonds is 2. The van der Waals surface area contributed by atoms with E-state index in [0.717, 1.165) is 19.3 Å². The molecule has 1 rings (SSSR count). The van der Waals surface area contributed by atoms with Gasteiger partial charge in [-0.25, -0.2) is 5.06 Å². The highest BCUT2D eigenvalue weighted by atomic mass is 16.7. The van der Waals surface area contributed by atoms with Gasteiger partial charge in [0.05, 0.1) is 7.11 Å². The topological polar surface area (TPSA) is 38.8 Å². The molecule has 0 aromatic carbocycles. The van der Waals surface area contributed by atoms with E-state index in [2.05, 4.69) is 0 Å². The van der Waals surface area contributed by atoms with Crippen LogP contribution in [0.1, 0.15) is 19.3 Å². The maximum atomic E-state index is 11.4. The smallest absolute Gasteiger partial charge is 0.274 e. The van der Waals surface area contributed by atoms with Crippen LogP contribution in [0.5, 0.6) is 0 Å². The molecule has 4 heteroatoms. The van der Waals surface area contributed by atoms with Gasteiger partial charge in [-0.1, -0.05) is 0 Å². The van der Waals surface area contributed by atoms with Gasteiger partial charge >= 0.3 is 0 Å². The van der Waals surface area contributed by atoms with Crippen molar-refractivity contribution in [3.05, 3.63) is 0 Å². The van der Waals surface area contributed by atoms with Gasteiger partial charge in [-0.3, -0.25) is 9.63 Å². The number of ether oxygens (including phenoxy) is 1.